The van der Waals surface area contributed by atoms with Gasteiger partial charge in [-0.15, -0.1) is 0 Å². The Morgan fingerprint density at radius 1 is 1.11 bits per heavy atom. The van der Waals surface area contributed by atoms with E-state index in [2.05, 4.69) is 13.8 Å². The van der Waals surface area contributed by atoms with Gasteiger partial charge in [0.1, 0.15) is 6.10 Å². The minimum atomic E-state index is -0.0475. The van der Waals surface area contributed by atoms with Gasteiger partial charge >= 0.3 is 5.97 Å². The molecular weight excluding hydrogens is 226 g/mol. The van der Waals surface area contributed by atoms with E-state index in [9.17, 15) is 4.79 Å². The number of carbonyl (C=O) groups is 1. The Morgan fingerprint density at radius 3 is 2.33 bits per heavy atom. The summed E-state index contributed by atoms with van der Waals surface area (Å²) in [6.07, 6.45) is 8.63. The molecule has 0 aliphatic heterocycles. The second-order valence-electron chi connectivity index (χ2n) is 6.86. The third kappa shape index (κ3) is 3.47. The number of nitrogens with two attached hydrogens (primary N) is 1. The predicted octanol–water partition coefficient (Wildman–Crippen LogP) is 3.02. The zero-order chi connectivity index (χ0) is 13.2. The maximum atomic E-state index is 12.1. The standard InChI is InChI=1S/C15H27NO2/c1-15(2)9-7-11(8-10-15)18-14(17)12-5-3-4-6-13(12)16/h11-13H,3-10,16H2,1-2H3. The minimum Gasteiger partial charge on any atom is -0.462 e. The van der Waals surface area contributed by atoms with E-state index in [1.165, 1.54) is 0 Å². The van der Waals surface area contributed by atoms with Gasteiger partial charge in [0.15, 0.2) is 0 Å². The molecule has 2 unspecified atom stereocenters. The van der Waals surface area contributed by atoms with E-state index in [-0.39, 0.29) is 24.0 Å². The van der Waals surface area contributed by atoms with E-state index in [0.29, 0.717) is 5.41 Å². The minimum absolute atomic E-state index is 0.0197. The fourth-order valence-corrected chi connectivity index (χ4v) is 3.19. The van der Waals surface area contributed by atoms with Crippen molar-refractivity contribution in [2.75, 3.05) is 0 Å². The van der Waals surface area contributed by atoms with Gasteiger partial charge in [-0.3, -0.25) is 4.79 Å². The van der Waals surface area contributed by atoms with Crippen molar-refractivity contribution in [1.82, 2.24) is 0 Å². The van der Waals surface area contributed by atoms with E-state index in [1.54, 1.807) is 0 Å². The highest BCUT2D eigenvalue weighted by molar-refractivity contribution is 5.73. The van der Waals surface area contributed by atoms with Crippen molar-refractivity contribution in [2.24, 2.45) is 17.1 Å². The zero-order valence-corrected chi connectivity index (χ0v) is 11.8. The van der Waals surface area contributed by atoms with Crippen molar-refractivity contribution < 1.29 is 9.53 Å². The smallest absolute Gasteiger partial charge is 0.310 e. The van der Waals surface area contributed by atoms with Crippen LogP contribution in [0.4, 0.5) is 0 Å². The van der Waals surface area contributed by atoms with Gasteiger partial charge in [0.05, 0.1) is 5.92 Å². The van der Waals surface area contributed by atoms with Crippen LogP contribution in [0.2, 0.25) is 0 Å². The highest BCUT2D eigenvalue weighted by Crippen LogP contribution is 2.36. The Hall–Kier alpha value is -0.570. The van der Waals surface area contributed by atoms with Gasteiger partial charge in [-0.1, -0.05) is 26.7 Å². The lowest BCUT2D eigenvalue weighted by molar-refractivity contribution is -0.158. The third-order valence-corrected chi connectivity index (χ3v) is 4.69. The van der Waals surface area contributed by atoms with E-state index in [4.69, 9.17) is 10.5 Å². The summed E-state index contributed by atoms with van der Waals surface area (Å²) in [6, 6.07) is 0.0197. The topological polar surface area (TPSA) is 52.3 Å². The van der Waals surface area contributed by atoms with Crippen LogP contribution in [0, 0.1) is 11.3 Å². The summed E-state index contributed by atoms with van der Waals surface area (Å²) < 4.78 is 5.68. The average Bonchev–Trinajstić information content (AvgIpc) is 2.32. The molecule has 2 aliphatic rings. The van der Waals surface area contributed by atoms with Crippen LogP contribution in [0.25, 0.3) is 0 Å². The number of ether oxygens (including phenoxy) is 1. The Bertz CT molecular complexity index is 291. The zero-order valence-electron chi connectivity index (χ0n) is 11.8. The Balaban J connectivity index is 1.81. The molecule has 0 radical (unpaired) electrons. The normalized spacial score (nSPS) is 33.1. The SMILES string of the molecule is CC1(C)CCC(OC(=O)C2CCCCC2N)CC1. The third-order valence-electron chi connectivity index (χ3n) is 4.69. The van der Waals surface area contributed by atoms with E-state index >= 15 is 0 Å². The van der Waals surface area contributed by atoms with Gasteiger partial charge in [0.25, 0.3) is 0 Å². The molecule has 0 spiro atoms. The first-order valence-corrected chi connectivity index (χ1v) is 7.44. The molecule has 2 atom stereocenters. The summed E-state index contributed by atoms with van der Waals surface area (Å²) in [5.74, 6) is -0.0828. The molecule has 0 aromatic heterocycles. The molecule has 2 aliphatic carbocycles. The summed E-state index contributed by atoms with van der Waals surface area (Å²) >= 11 is 0. The molecule has 18 heavy (non-hydrogen) atoms. The van der Waals surface area contributed by atoms with Crippen LogP contribution in [-0.2, 0) is 9.53 Å². The molecular formula is C15H27NO2. The van der Waals surface area contributed by atoms with Crippen LogP contribution in [0.3, 0.4) is 0 Å². The molecule has 0 amide bonds. The molecule has 0 bridgehead atoms. The van der Waals surface area contributed by atoms with Crippen molar-refractivity contribution in [3.8, 4) is 0 Å². The van der Waals surface area contributed by atoms with Crippen LogP contribution in [-0.4, -0.2) is 18.1 Å². The molecule has 2 fully saturated rings. The summed E-state index contributed by atoms with van der Waals surface area (Å²) in [6.45, 7) is 4.59. The summed E-state index contributed by atoms with van der Waals surface area (Å²) in [7, 11) is 0. The van der Waals surface area contributed by atoms with Crippen molar-refractivity contribution >= 4 is 5.97 Å². The number of carbonyl (C=O) groups excluding carboxylic acids is 1. The average molecular weight is 253 g/mol. The van der Waals surface area contributed by atoms with E-state index in [0.717, 1.165) is 51.4 Å². The number of hydrogen-bond acceptors (Lipinski definition) is 3. The molecule has 0 heterocycles. The van der Waals surface area contributed by atoms with Crippen molar-refractivity contribution in [1.29, 1.82) is 0 Å². The molecule has 104 valence electrons. The Kier molecular flexibility index (Phi) is 4.31. The molecule has 0 saturated heterocycles. The van der Waals surface area contributed by atoms with Crippen LogP contribution in [0.1, 0.15) is 65.2 Å². The molecule has 0 aromatic rings. The maximum absolute atomic E-state index is 12.1. The van der Waals surface area contributed by atoms with Gasteiger partial charge in [-0.25, -0.2) is 0 Å². The lowest BCUT2D eigenvalue weighted by Crippen LogP contribution is -2.40. The molecule has 2 rings (SSSR count). The molecule has 3 heteroatoms. The van der Waals surface area contributed by atoms with Crippen LogP contribution >= 0.6 is 0 Å². The molecule has 0 aromatic carbocycles. The Morgan fingerprint density at radius 2 is 1.72 bits per heavy atom. The van der Waals surface area contributed by atoms with Crippen molar-refractivity contribution in [3.05, 3.63) is 0 Å². The molecule has 3 nitrogen and oxygen atoms in total. The Labute approximate surface area is 110 Å². The fourth-order valence-electron chi connectivity index (χ4n) is 3.19. The van der Waals surface area contributed by atoms with Crippen LogP contribution < -0.4 is 5.73 Å². The maximum Gasteiger partial charge on any atom is 0.310 e. The van der Waals surface area contributed by atoms with Gasteiger partial charge in [0.2, 0.25) is 0 Å². The largest absolute Gasteiger partial charge is 0.462 e. The summed E-state index contributed by atoms with van der Waals surface area (Å²) in [4.78, 5) is 12.1. The molecule has 2 N–H and O–H groups in total. The van der Waals surface area contributed by atoms with E-state index < -0.39 is 0 Å². The van der Waals surface area contributed by atoms with Crippen LogP contribution in [0.15, 0.2) is 0 Å². The monoisotopic (exact) mass is 253 g/mol. The van der Waals surface area contributed by atoms with Gasteiger partial charge in [-0.05, 0) is 43.9 Å². The summed E-state index contributed by atoms with van der Waals surface area (Å²) in [5, 5.41) is 0. The lowest BCUT2D eigenvalue weighted by atomic mass is 9.76. The van der Waals surface area contributed by atoms with Crippen molar-refractivity contribution in [2.45, 2.75) is 77.4 Å². The van der Waals surface area contributed by atoms with Crippen LogP contribution in [0.5, 0.6) is 0 Å². The highest BCUT2D eigenvalue weighted by Gasteiger charge is 2.33. The van der Waals surface area contributed by atoms with Gasteiger partial charge in [0, 0.05) is 6.04 Å². The van der Waals surface area contributed by atoms with Crippen molar-refractivity contribution in [3.63, 3.8) is 0 Å². The summed E-state index contributed by atoms with van der Waals surface area (Å²) in [5.41, 5.74) is 6.45. The fraction of sp³-hybridized carbons (Fsp3) is 0.933. The van der Waals surface area contributed by atoms with Gasteiger partial charge < -0.3 is 10.5 Å². The second-order valence-corrected chi connectivity index (χ2v) is 6.86. The van der Waals surface area contributed by atoms with Gasteiger partial charge in [-0.2, -0.15) is 0 Å². The second kappa shape index (κ2) is 5.60. The highest BCUT2D eigenvalue weighted by atomic mass is 16.5. The lowest BCUT2D eigenvalue weighted by Gasteiger charge is -2.35. The predicted molar refractivity (Wildman–Crippen MR) is 72.1 cm³/mol. The number of rotatable bonds is 2. The number of esters is 1. The number of hydrogen-bond donors (Lipinski definition) is 1. The quantitative estimate of drug-likeness (QED) is 0.770. The first-order chi connectivity index (χ1) is 8.48. The van der Waals surface area contributed by atoms with E-state index in [1.807, 2.05) is 0 Å². The molecule has 2 saturated carbocycles. The first-order valence-electron chi connectivity index (χ1n) is 7.44. The first kappa shape index (κ1) is 13.9.